The average Bonchev–Trinajstić information content (AvgIpc) is 2.53. The maximum atomic E-state index is 12.1. The van der Waals surface area contributed by atoms with Crippen LogP contribution in [0.15, 0.2) is 18.3 Å². The molecule has 2 rings (SSSR count). The van der Waals surface area contributed by atoms with E-state index in [1.54, 1.807) is 6.20 Å². The van der Waals surface area contributed by atoms with Crippen molar-refractivity contribution in [2.75, 3.05) is 24.5 Å². The van der Waals surface area contributed by atoms with Crippen molar-refractivity contribution in [3.8, 4) is 0 Å². The van der Waals surface area contributed by atoms with Gasteiger partial charge in [0.2, 0.25) is 5.91 Å². The molecule has 1 amide bonds. The third kappa shape index (κ3) is 3.20. The topological polar surface area (TPSA) is 36.4 Å². The van der Waals surface area contributed by atoms with Gasteiger partial charge in [-0.25, -0.2) is 4.98 Å². The lowest BCUT2D eigenvalue weighted by Crippen LogP contribution is -2.35. The molecule has 2 heterocycles. The molecule has 1 saturated heterocycles. The molecule has 1 aromatic rings. The fraction of sp³-hybridized carbons (Fsp3) is 0.538. The summed E-state index contributed by atoms with van der Waals surface area (Å²) in [4.78, 5) is 20.6. The molecule has 0 aliphatic carbocycles. The third-order valence-corrected chi connectivity index (χ3v) is 3.92. The van der Waals surface area contributed by atoms with Crippen LogP contribution in [0.4, 0.5) is 5.69 Å². The Morgan fingerprint density at radius 1 is 1.28 bits per heavy atom. The number of aromatic nitrogens is 1. The molecule has 1 aromatic heterocycles. The van der Waals surface area contributed by atoms with Gasteiger partial charge in [-0.2, -0.15) is 0 Å². The Morgan fingerprint density at radius 2 is 2.06 bits per heavy atom. The number of amides is 1. The molecule has 0 unspecified atom stereocenters. The number of hydrogen-bond donors (Lipinski definition) is 0. The van der Waals surface area contributed by atoms with Gasteiger partial charge in [-0.1, -0.05) is 0 Å². The van der Waals surface area contributed by atoms with Crippen molar-refractivity contribution in [2.45, 2.75) is 26.3 Å². The van der Waals surface area contributed by atoms with Gasteiger partial charge in [0.05, 0.1) is 11.9 Å². The van der Waals surface area contributed by atoms with Crippen LogP contribution >= 0.6 is 22.6 Å². The number of carbonyl (C=O) groups is 1. The molecule has 0 N–H and O–H groups in total. The fourth-order valence-corrected chi connectivity index (χ4v) is 2.48. The van der Waals surface area contributed by atoms with E-state index in [-0.39, 0.29) is 5.91 Å². The highest BCUT2D eigenvalue weighted by atomic mass is 127. The Hall–Kier alpha value is -0.690. The standard InChI is InChI=1S/C13H18IN3O/c1-10(2)16-6-5-13(18)17(8-7-16)11-3-4-12(14)15-9-11/h3-4,9-10H,5-8H2,1-2H3. The molecular formula is C13H18IN3O. The van der Waals surface area contributed by atoms with Gasteiger partial charge in [0, 0.05) is 32.1 Å². The van der Waals surface area contributed by atoms with Crippen molar-refractivity contribution < 1.29 is 4.79 Å². The summed E-state index contributed by atoms with van der Waals surface area (Å²) in [6, 6.07) is 4.40. The predicted molar refractivity (Wildman–Crippen MR) is 80.6 cm³/mol. The van der Waals surface area contributed by atoms with E-state index in [1.165, 1.54) is 0 Å². The first kappa shape index (κ1) is 13.7. The Bertz CT molecular complexity index is 419. The van der Waals surface area contributed by atoms with E-state index in [4.69, 9.17) is 0 Å². The van der Waals surface area contributed by atoms with Crippen LogP contribution < -0.4 is 4.90 Å². The van der Waals surface area contributed by atoms with Crippen molar-refractivity contribution >= 4 is 34.2 Å². The zero-order valence-electron chi connectivity index (χ0n) is 10.8. The van der Waals surface area contributed by atoms with Crippen LogP contribution in [0.1, 0.15) is 20.3 Å². The number of rotatable bonds is 2. The summed E-state index contributed by atoms with van der Waals surface area (Å²) in [5.41, 5.74) is 0.908. The molecule has 0 saturated carbocycles. The normalized spacial score (nSPS) is 18.2. The minimum absolute atomic E-state index is 0.196. The van der Waals surface area contributed by atoms with Crippen LogP contribution in [-0.4, -0.2) is 41.5 Å². The first-order chi connectivity index (χ1) is 8.58. The summed E-state index contributed by atoms with van der Waals surface area (Å²) in [5.74, 6) is 0.196. The molecule has 1 aliphatic heterocycles. The summed E-state index contributed by atoms with van der Waals surface area (Å²) in [5, 5.41) is 0. The zero-order chi connectivity index (χ0) is 13.1. The Morgan fingerprint density at radius 3 is 2.67 bits per heavy atom. The maximum Gasteiger partial charge on any atom is 0.228 e. The van der Waals surface area contributed by atoms with Crippen molar-refractivity contribution in [1.82, 2.24) is 9.88 Å². The summed E-state index contributed by atoms with van der Waals surface area (Å²) < 4.78 is 0.947. The van der Waals surface area contributed by atoms with Gasteiger partial charge in [0.15, 0.2) is 0 Å². The van der Waals surface area contributed by atoms with Gasteiger partial charge in [-0.3, -0.25) is 9.69 Å². The van der Waals surface area contributed by atoms with E-state index >= 15 is 0 Å². The second-order valence-electron chi connectivity index (χ2n) is 4.76. The smallest absolute Gasteiger partial charge is 0.228 e. The third-order valence-electron chi connectivity index (χ3n) is 3.28. The van der Waals surface area contributed by atoms with Crippen LogP contribution in [0.3, 0.4) is 0 Å². The zero-order valence-corrected chi connectivity index (χ0v) is 12.9. The first-order valence-electron chi connectivity index (χ1n) is 6.24. The molecule has 98 valence electrons. The number of hydrogen-bond acceptors (Lipinski definition) is 3. The van der Waals surface area contributed by atoms with E-state index in [9.17, 15) is 4.79 Å². The Balaban J connectivity index is 2.13. The lowest BCUT2D eigenvalue weighted by atomic mass is 10.3. The number of anilines is 1. The second-order valence-corrected chi connectivity index (χ2v) is 5.87. The lowest BCUT2D eigenvalue weighted by molar-refractivity contribution is -0.118. The number of carbonyl (C=O) groups excluding carboxylic acids is 1. The van der Waals surface area contributed by atoms with Gasteiger partial charge in [-0.05, 0) is 48.6 Å². The first-order valence-corrected chi connectivity index (χ1v) is 7.32. The summed E-state index contributed by atoms with van der Waals surface area (Å²) in [7, 11) is 0. The molecule has 0 bridgehead atoms. The molecule has 1 aliphatic rings. The molecule has 1 fully saturated rings. The summed E-state index contributed by atoms with van der Waals surface area (Å²) >= 11 is 2.17. The van der Waals surface area contributed by atoms with E-state index in [1.807, 2.05) is 17.0 Å². The predicted octanol–water partition coefficient (Wildman–Crippen LogP) is 2.13. The van der Waals surface area contributed by atoms with Crippen molar-refractivity contribution in [1.29, 1.82) is 0 Å². The minimum atomic E-state index is 0.196. The maximum absolute atomic E-state index is 12.1. The molecule has 0 spiro atoms. The molecule has 18 heavy (non-hydrogen) atoms. The van der Waals surface area contributed by atoms with Crippen LogP contribution in [0.5, 0.6) is 0 Å². The molecule has 0 aromatic carbocycles. The van der Waals surface area contributed by atoms with Crippen LogP contribution in [-0.2, 0) is 4.79 Å². The average molecular weight is 359 g/mol. The van der Waals surface area contributed by atoms with Crippen molar-refractivity contribution in [3.63, 3.8) is 0 Å². The van der Waals surface area contributed by atoms with Crippen LogP contribution in [0.2, 0.25) is 0 Å². The molecule has 0 radical (unpaired) electrons. The molecular weight excluding hydrogens is 341 g/mol. The second kappa shape index (κ2) is 5.97. The summed E-state index contributed by atoms with van der Waals surface area (Å²) in [6.07, 6.45) is 2.37. The monoisotopic (exact) mass is 359 g/mol. The Kier molecular flexibility index (Phi) is 4.55. The van der Waals surface area contributed by atoms with Gasteiger partial charge >= 0.3 is 0 Å². The Labute approximate surface area is 122 Å². The molecule has 4 nitrogen and oxygen atoms in total. The molecule has 0 atom stereocenters. The quantitative estimate of drug-likeness (QED) is 0.600. The number of pyridine rings is 1. The highest BCUT2D eigenvalue weighted by Gasteiger charge is 2.23. The van der Waals surface area contributed by atoms with E-state index in [0.29, 0.717) is 12.5 Å². The van der Waals surface area contributed by atoms with Gasteiger partial charge in [-0.15, -0.1) is 0 Å². The van der Waals surface area contributed by atoms with Crippen LogP contribution in [0.25, 0.3) is 0 Å². The number of nitrogens with zero attached hydrogens (tertiary/aromatic N) is 3. The van der Waals surface area contributed by atoms with Gasteiger partial charge in [0.1, 0.15) is 3.70 Å². The highest BCUT2D eigenvalue weighted by molar-refractivity contribution is 14.1. The van der Waals surface area contributed by atoms with Crippen LogP contribution in [0, 0.1) is 3.70 Å². The van der Waals surface area contributed by atoms with Gasteiger partial charge < -0.3 is 4.90 Å². The number of halogens is 1. The SMILES string of the molecule is CC(C)N1CCC(=O)N(c2ccc(I)nc2)CC1. The van der Waals surface area contributed by atoms with E-state index in [0.717, 1.165) is 29.0 Å². The van der Waals surface area contributed by atoms with Gasteiger partial charge in [0.25, 0.3) is 0 Å². The van der Waals surface area contributed by atoms with E-state index < -0.39 is 0 Å². The van der Waals surface area contributed by atoms with Crippen molar-refractivity contribution in [3.05, 3.63) is 22.0 Å². The fourth-order valence-electron chi connectivity index (χ4n) is 2.16. The highest BCUT2D eigenvalue weighted by Crippen LogP contribution is 2.18. The largest absolute Gasteiger partial charge is 0.310 e. The lowest BCUT2D eigenvalue weighted by Gasteiger charge is -2.24. The minimum Gasteiger partial charge on any atom is -0.310 e. The van der Waals surface area contributed by atoms with E-state index in [2.05, 4.69) is 46.3 Å². The summed E-state index contributed by atoms with van der Waals surface area (Å²) in [6.45, 7) is 6.87. The molecule has 5 heteroatoms. The van der Waals surface area contributed by atoms with Crippen molar-refractivity contribution in [2.24, 2.45) is 0 Å².